The molecule has 0 unspecified atom stereocenters. The summed E-state index contributed by atoms with van der Waals surface area (Å²) in [5.41, 5.74) is 0.452. The van der Waals surface area contributed by atoms with Crippen molar-refractivity contribution in [2.24, 2.45) is 0 Å². The minimum Gasteiger partial charge on any atom is -0.468 e. The molecule has 96 valence electrons. The van der Waals surface area contributed by atoms with E-state index in [1.54, 1.807) is 12.1 Å². The summed E-state index contributed by atoms with van der Waals surface area (Å²) in [6.45, 7) is -0.0926. The van der Waals surface area contributed by atoms with Crippen molar-refractivity contribution in [2.75, 3.05) is 13.7 Å². The molecular formula is C13H14ClNO3. The van der Waals surface area contributed by atoms with Gasteiger partial charge in [-0.3, -0.25) is 9.59 Å². The molecular weight excluding hydrogens is 254 g/mol. The Morgan fingerprint density at radius 1 is 1.33 bits per heavy atom. The smallest absolute Gasteiger partial charge is 0.325 e. The molecule has 1 N–H and O–H groups in total. The highest BCUT2D eigenvalue weighted by atomic mass is 35.5. The number of hydrogen-bond donors (Lipinski definition) is 1. The third kappa shape index (κ3) is 2.48. The zero-order valence-electron chi connectivity index (χ0n) is 10.0. The van der Waals surface area contributed by atoms with Gasteiger partial charge in [0.2, 0.25) is 5.91 Å². The van der Waals surface area contributed by atoms with Crippen LogP contribution in [-0.4, -0.2) is 25.5 Å². The minimum absolute atomic E-state index is 0.0926. The number of nitrogens with one attached hydrogen (secondary N) is 1. The van der Waals surface area contributed by atoms with Crippen LogP contribution < -0.4 is 5.32 Å². The molecule has 0 spiro atoms. The van der Waals surface area contributed by atoms with Crippen LogP contribution in [0.3, 0.4) is 0 Å². The predicted molar refractivity (Wildman–Crippen MR) is 67.4 cm³/mol. The van der Waals surface area contributed by atoms with Crippen molar-refractivity contribution in [3.05, 3.63) is 34.9 Å². The van der Waals surface area contributed by atoms with Crippen LogP contribution in [0.4, 0.5) is 0 Å². The van der Waals surface area contributed by atoms with Crippen LogP contribution in [0.5, 0.6) is 0 Å². The van der Waals surface area contributed by atoms with Crippen LogP contribution in [0.2, 0.25) is 5.02 Å². The van der Waals surface area contributed by atoms with Gasteiger partial charge in [0.05, 0.1) is 12.5 Å². The lowest BCUT2D eigenvalue weighted by molar-refractivity contribution is -0.141. The number of carbonyl (C=O) groups is 2. The number of carbonyl (C=O) groups excluding carboxylic acids is 2. The molecule has 1 aromatic rings. The largest absolute Gasteiger partial charge is 0.468 e. The van der Waals surface area contributed by atoms with Crippen LogP contribution in [0, 0.1) is 0 Å². The first-order valence-corrected chi connectivity index (χ1v) is 6.07. The van der Waals surface area contributed by atoms with Gasteiger partial charge in [0.1, 0.15) is 6.54 Å². The molecule has 4 nitrogen and oxygen atoms in total. The third-order valence-corrected chi connectivity index (χ3v) is 3.45. The summed E-state index contributed by atoms with van der Waals surface area (Å²) in [5, 5.41) is 3.25. The lowest BCUT2D eigenvalue weighted by Gasteiger charge is -2.15. The van der Waals surface area contributed by atoms with Crippen molar-refractivity contribution in [1.29, 1.82) is 0 Å². The molecule has 1 amide bonds. The minimum atomic E-state index is -0.487. The zero-order valence-corrected chi connectivity index (χ0v) is 10.8. The number of esters is 1. The van der Waals surface area contributed by atoms with E-state index in [2.05, 4.69) is 10.1 Å². The number of ether oxygens (including phenoxy) is 1. The standard InChI is InChI=1S/C13H14ClNO3/c1-18-11(16)8-15-12(17)13(6-7-13)9-2-4-10(14)5-3-9/h2-5H,6-8H2,1H3,(H,15,17). The summed E-state index contributed by atoms with van der Waals surface area (Å²) in [4.78, 5) is 23.1. The molecule has 1 aliphatic rings. The molecule has 5 heteroatoms. The number of hydrogen-bond acceptors (Lipinski definition) is 3. The van der Waals surface area contributed by atoms with E-state index < -0.39 is 11.4 Å². The maximum Gasteiger partial charge on any atom is 0.325 e. The van der Waals surface area contributed by atoms with E-state index in [0.29, 0.717) is 5.02 Å². The van der Waals surface area contributed by atoms with Crippen molar-refractivity contribution in [1.82, 2.24) is 5.32 Å². The monoisotopic (exact) mass is 267 g/mol. The molecule has 1 aromatic carbocycles. The highest BCUT2D eigenvalue weighted by molar-refractivity contribution is 6.30. The Labute approximate surface area is 110 Å². The van der Waals surface area contributed by atoms with Crippen molar-refractivity contribution >= 4 is 23.5 Å². The summed E-state index contributed by atoms with van der Waals surface area (Å²) in [7, 11) is 1.29. The van der Waals surface area contributed by atoms with Crippen molar-refractivity contribution in [2.45, 2.75) is 18.3 Å². The van der Waals surface area contributed by atoms with Gasteiger partial charge in [-0.25, -0.2) is 0 Å². The summed E-state index contributed by atoms with van der Waals surface area (Å²) in [5.74, 6) is -0.578. The van der Waals surface area contributed by atoms with E-state index in [1.165, 1.54) is 7.11 Å². The number of amides is 1. The first kappa shape index (κ1) is 12.9. The Balaban J connectivity index is 2.05. The van der Waals surface area contributed by atoms with Gasteiger partial charge in [0.25, 0.3) is 0 Å². The molecule has 0 bridgehead atoms. The maximum absolute atomic E-state index is 12.1. The highest BCUT2D eigenvalue weighted by Gasteiger charge is 2.51. The van der Waals surface area contributed by atoms with E-state index in [0.717, 1.165) is 18.4 Å². The van der Waals surface area contributed by atoms with Crippen LogP contribution in [0.15, 0.2) is 24.3 Å². The van der Waals surface area contributed by atoms with Gasteiger partial charge < -0.3 is 10.1 Å². The Bertz CT molecular complexity index is 466. The quantitative estimate of drug-likeness (QED) is 0.844. The molecule has 0 aromatic heterocycles. The second-order valence-electron chi connectivity index (χ2n) is 4.35. The number of halogens is 1. The molecule has 1 aliphatic carbocycles. The zero-order chi connectivity index (χ0) is 13.2. The van der Waals surface area contributed by atoms with Gasteiger partial charge >= 0.3 is 5.97 Å². The Morgan fingerprint density at radius 3 is 2.44 bits per heavy atom. The Hall–Kier alpha value is -1.55. The molecule has 0 heterocycles. The second kappa shape index (κ2) is 4.98. The van der Waals surface area contributed by atoms with Gasteiger partial charge in [0.15, 0.2) is 0 Å². The number of benzene rings is 1. The lowest BCUT2D eigenvalue weighted by atomic mass is 9.95. The molecule has 0 aliphatic heterocycles. The summed E-state index contributed by atoms with van der Waals surface area (Å²) in [6.07, 6.45) is 1.59. The van der Waals surface area contributed by atoms with Gasteiger partial charge in [-0.15, -0.1) is 0 Å². The summed E-state index contributed by atoms with van der Waals surface area (Å²) < 4.78 is 4.48. The predicted octanol–water partition coefficient (Wildman–Crippen LogP) is 1.66. The first-order chi connectivity index (χ1) is 8.58. The molecule has 2 rings (SSSR count). The van der Waals surface area contributed by atoms with E-state index >= 15 is 0 Å². The van der Waals surface area contributed by atoms with Gasteiger partial charge in [-0.05, 0) is 30.5 Å². The van der Waals surface area contributed by atoms with Gasteiger partial charge in [-0.1, -0.05) is 23.7 Å². The number of methoxy groups -OCH3 is 1. The molecule has 0 saturated heterocycles. The number of rotatable bonds is 4. The molecule has 1 saturated carbocycles. The fourth-order valence-corrected chi connectivity index (χ4v) is 2.06. The van der Waals surface area contributed by atoms with Crippen molar-refractivity contribution in [3.8, 4) is 0 Å². The summed E-state index contributed by atoms with van der Waals surface area (Å²) >= 11 is 5.82. The average Bonchev–Trinajstić information content (AvgIpc) is 3.17. The molecule has 0 atom stereocenters. The maximum atomic E-state index is 12.1. The molecule has 0 radical (unpaired) electrons. The van der Waals surface area contributed by atoms with Gasteiger partial charge in [0, 0.05) is 5.02 Å². The Morgan fingerprint density at radius 2 is 1.94 bits per heavy atom. The molecule has 18 heavy (non-hydrogen) atoms. The van der Waals surface area contributed by atoms with E-state index in [-0.39, 0.29) is 12.5 Å². The lowest BCUT2D eigenvalue weighted by Crippen LogP contribution is -2.38. The van der Waals surface area contributed by atoms with Crippen LogP contribution >= 0.6 is 11.6 Å². The SMILES string of the molecule is COC(=O)CNC(=O)C1(c2ccc(Cl)cc2)CC1. The van der Waals surface area contributed by atoms with Gasteiger partial charge in [-0.2, -0.15) is 0 Å². The van der Waals surface area contributed by atoms with Crippen LogP contribution in [-0.2, 0) is 19.7 Å². The third-order valence-electron chi connectivity index (χ3n) is 3.20. The fraction of sp³-hybridized carbons (Fsp3) is 0.385. The Kier molecular flexibility index (Phi) is 3.57. The first-order valence-electron chi connectivity index (χ1n) is 5.70. The second-order valence-corrected chi connectivity index (χ2v) is 4.78. The van der Waals surface area contributed by atoms with Crippen molar-refractivity contribution in [3.63, 3.8) is 0 Å². The highest BCUT2D eigenvalue weighted by Crippen LogP contribution is 2.48. The van der Waals surface area contributed by atoms with Crippen LogP contribution in [0.25, 0.3) is 0 Å². The van der Waals surface area contributed by atoms with E-state index in [4.69, 9.17) is 11.6 Å². The van der Waals surface area contributed by atoms with E-state index in [9.17, 15) is 9.59 Å². The van der Waals surface area contributed by atoms with E-state index in [1.807, 2.05) is 12.1 Å². The summed E-state index contributed by atoms with van der Waals surface area (Å²) in [6, 6.07) is 7.25. The topological polar surface area (TPSA) is 55.4 Å². The van der Waals surface area contributed by atoms with Crippen LogP contribution in [0.1, 0.15) is 18.4 Å². The fourth-order valence-electron chi connectivity index (χ4n) is 1.93. The average molecular weight is 268 g/mol. The molecule has 1 fully saturated rings. The van der Waals surface area contributed by atoms with Crippen molar-refractivity contribution < 1.29 is 14.3 Å². The normalized spacial score (nSPS) is 15.9.